The molecule has 2 amide bonds. The van der Waals surface area contributed by atoms with Gasteiger partial charge in [-0.15, -0.1) is 0 Å². The Balaban J connectivity index is 1.88. The molecule has 1 N–H and O–H groups in total. The quantitative estimate of drug-likeness (QED) is 0.175. The molecular weight excluding hydrogens is 653 g/mol. The van der Waals surface area contributed by atoms with E-state index in [-0.39, 0.29) is 17.9 Å². The zero-order chi connectivity index (χ0) is 34.5. The molecule has 4 aromatic rings. The van der Waals surface area contributed by atoms with Gasteiger partial charge in [0.2, 0.25) is 11.8 Å². The molecule has 0 aliphatic heterocycles. The summed E-state index contributed by atoms with van der Waals surface area (Å²) < 4.78 is 29.8. The van der Waals surface area contributed by atoms with Crippen molar-refractivity contribution in [2.75, 3.05) is 10.8 Å². The predicted molar refractivity (Wildman–Crippen MR) is 190 cm³/mol. The number of anilines is 1. The van der Waals surface area contributed by atoms with Crippen molar-refractivity contribution >= 4 is 50.7 Å². The van der Waals surface area contributed by atoms with Gasteiger partial charge in [0.25, 0.3) is 10.0 Å². The van der Waals surface area contributed by atoms with Crippen LogP contribution in [0.4, 0.5) is 5.69 Å². The van der Waals surface area contributed by atoms with Crippen LogP contribution in [0.1, 0.15) is 48.6 Å². The summed E-state index contributed by atoms with van der Waals surface area (Å²) in [4.78, 5) is 30.2. The number of sulfonamides is 1. The van der Waals surface area contributed by atoms with Crippen molar-refractivity contribution < 1.29 is 18.0 Å². The lowest BCUT2D eigenvalue weighted by Gasteiger charge is -2.36. The Kier molecular flexibility index (Phi) is 11.4. The summed E-state index contributed by atoms with van der Waals surface area (Å²) >= 11 is 13.2. The standard InChI is InChI=1S/C37H41Cl2N3O4S/c1-25-16-19-29(20-17-25)47(45,46)42(33-21-26(2)15-18-27(33)3)24-35(43)41(23-30-31(38)13-10-14-32(30)39)34(36(44)40-37(4,5)6)22-28-11-8-7-9-12-28/h7-21,34H,22-24H2,1-6H3,(H,40,44)/t34-/m0/s1. The third-order valence-corrected chi connectivity index (χ3v) is 10.2. The number of benzene rings is 4. The molecule has 248 valence electrons. The van der Waals surface area contributed by atoms with Gasteiger partial charge >= 0.3 is 0 Å². The fraction of sp³-hybridized carbons (Fsp3) is 0.297. The average molecular weight is 695 g/mol. The van der Waals surface area contributed by atoms with E-state index in [2.05, 4.69) is 5.32 Å². The summed E-state index contributed by atoms with van der Waals surface area (Å²) in [6, 6.07) is 25.3. The van der Waals surface area contributed by atoms with E-state index >= 15 is 0 Å². The molecule has 7 nitrogen and oxygen atoms in total. The molecule has 0 aromatic heterocycles. The van der Waals surface area contributed by atoms with Crippen molar-refractivity contribution in [3.8, 4) is 0 Å². The molecule has 1 atom stereocenters. The highest BCUT2D eigenvalue weighted by Gasteiger charge is 2.36. The number of halogens is 2. The van der Waals surface area contributed by atoms with Gasteiger partial charge in [-0.25, -0.2) is 8.42 Å². The molecule has 0 saturated heterocycles. The molecule has 47 heavy (non-hydrogen) atoms. The second kappa shape index (κ2) is 14.9. The summed E-state index contributed by atoms with van der Waals surface area (Å²) in [5.74, 6) is -0.986. The Hall–Kier alpha value is -3.85. The monoisotopic (exact) mass is 693 g/mol. The first kappa shape index (κ1) is 36.0. The van der Waals surface area contributed by atoms with Gasteiger partial charge in [0.05, 0.1) is 10.6 Å². The van der Waals surface area contributed by atoms with Crippen LogP contribution in [0.25, 0.3) is 0 Å². The molecule has 0 bridgehead atoms. The molecular formula is C37H41Cl2N3O4S. The van der Waals surface area contributed by atoms with Crippen LogP contribution in [0.2, 0.25) is 10.0 Å². The number of hydrogen-bond acceptors (Lipinski definition) is 4. The number of carbonyl (C=O) groups excluding carboxylic acids is 2. The van der Waals surface area contributed by atoms with Crippen molar-refractivity contribution in [1.82, 2.24) is 10.2 Å². The van der Waals surface area contributed by atoms with E-state index in [1.54, 1.807) is 43.3 Å². The number of hydrogen-bond donors (Lipinski definition) is 1. The maximum atomic E-state index is 14.7. The van der Waals surface area contributed by atoms with Gasteiger partial charge in [0, 0.05) is 34.1 Å². The first-order valence-corrected chi connectivity index (χ1v) is 17.5. The van der Waals surface area contributed by atoms with Crippen molar-refractivity contribution in [3.05, 3.63) is 129 Å². The number of nitrogens with zero attached hydrogens (tertiary/aromatic N) is 2. The molecule has 4 aromatic carbocycles. The molecule has 0 aliphatic rings. The number of nitrogens with one attached hydrogen (secondary N) is 1. The van der Waals surface area contributed by atoms with Crippen LogP contribution in [0.3, 0.4) is 0 Å². The SMILES string of the molecule is Cc1ccc(S(=O)(=O)N(CC(=O)N(Cc2c(Cl)cccc2Cl)[C@@H](Cc2ccccc2)C(=O)NC(C)(C)C)c2cc(C)ccc2C)cc1. The maximum Gasteiger partial charge on any atom is 0.264 e. The number of aryl methyl sites for hydroxylation is 3. The molecule has 4 rings (SSSR count). The van der Waals surface area contributed by atoms with Crippen molar-refractivity contribution in [2.45, 2.75) is 71.0 Å². The summed E-state index contributed by atoms with van der Waals surface area (Å²) in [5, 5.41) is 3.67. The molecule has 0 heterocycles. The summed E-state index contributed by atoms with van der Waals surface area (Å²) in [7, 11) is -4.23. The van der Waals surface area contributed by atoms with Crippen LogP contribution in [0, 0.1) is 20.8 Å². The summed E-state index contributed by atoms with van der Waals surface area (Å²) in [5.41, 5.74) is 3.43. The second-order valence-corrected chi connectivity index (χ2v) is 15.5. The van der Waals surface area contributed by atoms with Gasteiger partial charge < -0.3 is 10.2 Å². The van der Waals surface area contributed by atoms with Gasteiger partial charge in [0.15, 0.2) is 0 Å². The largest absolute Gasteiger partial charge is 0.350 e. The minimum atomic E-state index is -4.23. The highest BCUT2D eigenvalue weighted by Crippen LogP contribution is 2.31. The normalized spacial score (nSPS) is 12.3. The minimum Gasteiger partial charge on any atom is -0.350 e. The van der Waals surface area contributed by atoms with E-state index < -0.39 is 40.0 Å². The van der Waals surface area contributed by atoms with Gasteiger partial charge in [-0.3, -0.25) is 13.9 Å². The van der Waals surface area contributed by atoms with Crippen molar-refractivity contribution in [3.63, 3.8) is 0 Å². The highest BCUT2D eigenvalue weighted by atomic mass is 35.5. The molecule has 10 heteroatoms. The molecule has 0 spiro atoms. The smallest absolute Gasteiger partial charge is 0.264 e. The van der Waals surface area contributed by atoms with Gasteiger partial charge in [0.1, 0.15) is 12.6 Å². The number of rotatable bonds is 11. The molecule has 0 aliphatic carbocycles. The second-order valence-electron chi connectivity index (χ2n) is 12.8. The van der Waals surface area contributed by atoms with E-state index in [0.717, 1.165) is 21.0 Å². The molecule has 0 unspecified atom stereocenters. The van der Waals surface area contributed by atoms with Gasteiger partial charge in [-0.2, -0.15) is 0 Å². The van der Waals surface area contributed by atoms with Crippen LogP contribution in [-0.4, -0.2) is 43.3 Å². The fourth-order valence-electron chi connectivity index (χ4n) is 5.20. The molecule has 0 radical (unpaired) electrons. The summed E-state index contributed by atoms with van der Waals surface area (Å²) in [6.45, 7) is 10.4. The van der Waals surface area contributed by atoms with E-state index in [0.29, 0.717) is 26.9 Å². The number of amides is 2. The zero-order valence-corrected chi connectivity index (χ0v) is 29.9. The van der Waals surface area contributed by atoms with Gasteiger partial charge in [-0.1, -0.05) is 89.4 Å². The van der Waals surface area contributed by atoms with Crippen molar-refractivity contribution in [2.24, 2.45) is 0 Å². The van der Waals surface area contributed by atoms with Crippen LogP contribution in [0.15, 0.2) is 95.9 Å². The van der Waals surface area contributed by atoms with E-state index in [4.69, 9.17) is 23.2 Å². The Morgan fingerprint density at radius 1 is 0.809 bits per heavy atom. The van der Waals surface area contributed by atoms with Gasteiger partial charge in [-0.05, 0) is 88.6 Å². The Labute approximate surface area is 288 Å². The molecule has 0 saturated carbocycles. The van der Waals surface area contributed by atoms with E-state index in [1.807, 2.05) is 77.1 Å². The average Bonchev–Trinajstić information content (AvgIpc) is 3.00. The fourth-order valence-corrected chi connectivity index (χ4v) is 7.19. The minimum absolute atomic E-state index is 0.0452. The lowest BCUT2D eigenvalue weighted by molar-refractivity contribution is -0.140. The lowest BCUT2D eigenvalue weighted by atomic mass is 10.0. The van der Waals surface area contributed by atoms with Crippen LogP contribution in [-0.2, 0) is 32.6 Å². The Morgan fingerprint density at radius 2 is 1.40 bits per heavy atom. The third-order valence-electron chi connectivity index (χ3n) is 7.68. The Morgan fingerprint density at radius 3 is 2.00 bits per heavy atom. The first-order valence-electron chi connectivity index (χ1n) is 15.3. The van der Waals surface area contributed by atoms with Crippen molar-refractivity contribution in [1.29, 1.82) is 0 Å². The predicted octanol–water partition coefficient (Wildman–Crippen LogP) is 7.67. The third kappa shape index (κ3) is 9.15. The molecule has 0 fully saturated rings. The highest BCUT2D eigenvalue weighted by molar-refractivity contribution is 7.92. The van der Waals surface area contributed by atoms with Crippen LogP contribution < -0.4 is 9.62 Å². The Bertz CT molecular complexity index is 1820. The van der Waals surface area contributed by atoms with E-state index in [1.165, 1.54) is 17.0 Å². The maximum absolute atomic E-state index is 14.7. The summed E-state index contributed by atoms with van der Waals surface area (Å²) in [6.07, 6.45) is 0.171. The van der Waals surface area contributed by atoms with E-state index in [9.17, 15) is 18.0 Å². The first-order chi connectivity index (χ1) is 22.1. The zero-order valence-electron chi connectivity index (χ0n) is 27.6. The topological polar surface area (TPSA) is 86.8 Å². The van der Waals surface area contributed by atoms with Crippen LogP contribution >= 0.6 is 23.2 Å². The number of carbonyl (C=O) groups is 2. The lowest BCUT2D eigenvalue weighted by Crippen LogP contribution is -2.56. The van der Waals surface area contributed by atoms with Crippen LogP contribution in [0.5, 0.6) is 0 Å².